The summed E-state index contributed by atoms with van der Waals surface area (Å²) in [6.07, 6.45) is 0.0239. The molecule has 0 radical (unpaired) electrons. The monoisotopic (exact) mass is 576 g/mol. The summed E-state index contributed by atoms with van der Waals surface area (Å²) in [4.78, 5) is 40.3. The highest BCUT2D eigenvalue weighted by Gasteiger charge is 2.47. The van der Waals surface area contributed by atoms with Crippen LogP contribution in [0, 0.1) is 5.92 Å². The molecule has 3 aromatic rings. The highest BCUT2D eigenvalue weighted by Crippen LogP contribution is 2.48. The molecule has 0 saturated heterocycles. The fourth-order valence-corrected chi connectivity index (χ4v) is 7.53. The zero-order valence-corrected chi connectivity index (χ0v) is 25.1. The van der Waals surface area contributed by atoms with E-state index in [1.54, 1.807) is 16.9 Å². The smallest absolute Gasteiger partial charge is 0.223 e. The Hall–Kier alpha value is -3.50. The fraction of sp³-hybridized carbons (Fsp3) is 0.375. The van der Waals surface area contributed by atoms with E-state index in [-0.39, 0.29) is 37.5 Å². The van der Waals surface area contributed by atoms with Crippen LogP contribution in [0.1, 0.15) is 30.6 Å². The standard InChI is InChI=1S/C32H40N2O6Si/c1-23-31(39-2)27-19-26(34(22-36)25-13-9-6-10-14-25)15-16-28(27)40-32(23)29(41(3,4)38)20-30(37)33(17-18-35)21-24-11-7-5-8-12-24/h5-16,19,22-23,29,31-32,35,38H,17-18,20-21H2,1-4H3/t23-,29?,31-,32-/m0/s1. The number of aliphatic hydroxyl groups excluding tert-OH is 1. The van der Waals surface area contributed by atoms with Crippen LogP contribution in [0.15, 0.2) is 78.9 Å². The van der Waals surface area contributed by atoms with Gasteiger partial charge in [0.05, 0.1) is 12.7 Å². The van der Waals surface area contributed by atoms with E-state index in [1.165, 1.54) is 0 Å². The van der Waals surface area contributed by atoms with Crippen LogP contribution in [-0.4, -0.2) is 61.8 Å². The SMILES string of the molecule is CO[C@@H]1c2cc(N(C=O)c3ccccc3)ccc2O[C@H](C(CC(=O)N(CCO)Cc2ccccc2)[Si](C)(C)O)[C@H]1C. The van der Waals surface area contributed by atoms with Crippen LogP contribution in [0.25, 0.3) is 0 Å². The zero-order valence-electron chi connectivity index (χ0n) is 24.1. The van der Waals surface area contributed by atoms with E-state index < -0.39 is 20.0 Å². The molecule has 1 heterocycles. The average Bonchev–Trinajstić information content (AvgIpc) is 2.96. The fourth-order valence-electron chi connectivity index (χ4n) is 5.68. The normalized spacial score (nSPS) is 19.0. The van der Waals surface area contributed by atoms with Crippen LogP contribution in [0.4, 0.5) is 11.4 Å². The number of methoxy groups -OCH3 is 1. The molecule has 0 spiro atoms. The predicted molar refractivity (Wildman–Crippen MR) is 161 cm³/mol. The highest BCUT2D eigenvalue weighted by atomic mass is 28.4. The molecule has 4 rings (SSSR count). The quantitative estimate of drug-likeness (QED) is 0.231. The second kappa shape index (κ2) is 13.4. The molecule has 0 aromatic heterocycles. The van der Waals surface area contributed by atoms with Gasteiger partial charge in [-0.05, 0) is 49.0 Å². The minimum Gasteiger partial charge on any atom is -0.490 e. The van der Waals surface area contributed by atoms with E-state index in [0.29, 0.717) is 18.0 Å². The molecular weight excluding hydrogens is 536 g/mol. The van der Waals surface area contributed by atoms with Crippen molar-refractivity contribution in [2.45, 2.75) is 50.7 Å². The molecule has 4 atom stereocenters. The van der Waals surface area contributed by atoms with Crippen molar-refractivity contribution in [1.29, 1.82) is 0 Å². The molecule has 0 bridgehead atoms. The first kappa shape index (κ1) is 30.5. The Balaban J connectivity index is 1.62. The predicted octanol–water partition coefficient (Wildman–Crippen LogP) is 5.04. The maximum Gasteiger partial charge on any atom is 0.223 e. The molecule has 9 heteroatoms. The second-order valence-corrected chi connectivity index (χ2v) is 15.2. The summed E-state index contributed by atoms with van der Waals surface area (Å²) in [5, 5.41) is 9.68. The number of hydrogen-bond donors (Lipinski definition) is 2. The maximum atomic E-state index is 13.6. The minimum atomic E-state index is -2.93. The number of fused-ring (bicyclic) bond motifs is 1. The molecule has 8 nitrogen and oxygen atoms in total. The van der Waals surface area contributed by atoms with Crippen LogP contribution in [0.5, 0.6) is 5.75 Å². The van der Waals surface area contributed by atoms with Crippen molar-refractivity contribution < 1.29 is 29.0 Å². The number of aliphatic hydroxyl groups is 1. The van der Waals surface area contributed by atoms with E-state index >= 15 is 0 Å². The molecule has 3 aromatic carbocycles. The second-order valence-electron chi connectivity index (χ2n) is 11.1. The van der Waals surface area contributed by atoms with Gasteiger partial charge in [-0.25, -0.2) is 0 Å². The van der Waals surface area contributed by atoms with Gasteiger partial charge in [-0.2, -0.15) is 0 Å². The molecule has 0 fully saturated rings. The van der Waals surface area contributed by atoms with Crippen LogP contribution >= 0.6 is 0 Å². The van der Waals surface area contributed by atoms with Crippen molar-refractivity contribution in [3.8, 4) is 5.75 Å². The zero-order chi connectivity index (χ0) is 29.6. The first-order valence-electron chi connectivity index (χ1n) is 14.0. The van der Waals surface area contributed by atoms with E-state index in [0.717, 1.165) is 23.2 Å². The summed E-state index contributed by atoms with van der Waals surface area (Å²) < 4.78 is 12.6. The highest BCUT2D eigenvalue weighted by molar-refractivity contribution is 6.71. The Labute approximate surface area is 243 Å². The molecular formula is C32H40N2O6Si. The Morgan fingerprint density at radius 2 is 1.71 bits per heavy atom. The molecule has 0 saturated carbocycles. The minimum absolute atomic E-state index is 0.0916. The summed E-state index contributed by atoms with van der Waals surface area (Å²) in [5.74, 6) is 0.272. The lowest BCUT2D eigenvalue weighted by Crippen LogP contribution is -2.50. The van der Waals surface area contributed by atoms with Crippen molar-refractivity contribution in [2.24, 2.45) is 5.92 Å². The number of nitrogens with zero attached hydrogens (tertiary/aromatic N) is 2. The molecule has 2 N–H and O–H groups in total. The number of para-hydroxylation sites is 1. The summed E-state index contributed by atoms with van der Waals surface area (Å²) in [5.41, 5.74) is 2.78. The third-order valence-corrected chi connectivity index (χ3v) is 10.2. The van der Waals surface area contributed by atoms with Gasteiger partial charge in [0.2, 0.25) is 12.3 Å². The Kier molecular flexibility index (Phi) is 9.98. The lowest BCUT2D eigenvalue weighted by molar-refractivity contribution is -0.133. The summed E-state index contributed by atoms with van der Waals surface area (Å²) >= 11 is 0. The van der Waals surface area contributed by atoms with E-state index in [2.05, 4.69) is 0 Å². The van der Waals surface area contributed by atoms with Gasteiger partial charge in [0.15, 0.2) is 8.32 Å². The van der Waals surface area contributed by atoms with Gasteiger partial charge >= 0.3 is 0 Å². The average molecular weight is 577 g/mol. The van der Waals surface area contributed by atoms with E-state index in [1.807, 2.05) is 98.9 Å². The van der Waals surface area contributed by atoms with Crippen LogP contribution < -0.4 is 9.64 Å². The topological polar surface area (TPSA) is 99.5 Å². The molecule has 1 aliphatic rings. The molecule has 41 heavy (non-hydrogen) atoms. The third-order valence-electron chi connectivity index (χ3n) is 7.87. The van der Waals surface area contributed by atoms with Crippen molar-refractivity contribution in [1.82, 2.24) is 4.90 Å². The van der Waals surface area contributed by atoms with Gasteiger partial charge in [0.1, 0.15) is 11.9 Å². The number of anilines is 2. The van der Waals surface area contributed by atoms with Crippen LogP contribution in [-0.2, 0) is 20.9 Å². The number of amides is 2. The summed E-state index contributed by atoms with van der Waals surface area (Å²) in [7, 11) is -1.29. The van der Waals surface area contributed by atoms with Crippen molar-refractivity contribution in [2.75, 3.05) is 25.2 Å². The third kappa shape index (κ3) is 7.05. The van der Waals surface area contributed by atoms with Crippen LogP contribution in [0.3, 0.4) is 0 Å². The first-order valence-corrected chi connectivity index (χ1v) is 17.0. The van der Waals surface area contributed by atoms with Crippen molar-refractivity contribution in [3.63, 3.8) is 0 Å². The molecule has 0 aliphatic carbocycles. The molecule has 1 unspecified atom stereocenters. The number of carbonyl (C=O) groups excluding carboxylic acids is 2. The lowest BCUT2D eigenvalue weighted by Gasteiger charge is -2.44. The van der Waals surface area contributed by atoms with E-state index in [4.69, 9.17) is 9.47 Å². The lowest BCUT2D eigenvalue weighted by atomic mass is 9.86. The number of rotatable bonds is 12. The molecule has 2 amide bonds. The first-order chi connectivity index (χ1) is 19.7. The number of ether oxygens (including phenoxy) is 2. The Morgan fingerprint density at radius 1 is 1.05 bits per heavy atom. The Bertz CT molecular complexity index is 1300. The summed E-state index contributed by atoms with van der Waals surface area (Å²) in [6, 6.07) is 24.6. The van der Waals surface area contributed by atoms with Crippen molar-refractivity contribution >= 4 is 32.0 Å². The van der Waals surface area contributed by atoms with Gasteiger partial charge in [-0.1, -0.05) is 55.5 Å². The Morgan fingerprint density at radius 3 is 2.29 bits per heavy atom. The summed E-state index contributed by atoms with van der Waals surface area (Å²) in [6.45, 7) is 6.10. The maximum absolute atomic E-state index is 13.6. The van der Waals surface area contributed by atoms with Crippen LogP contribution in [0.2, 0.25) is 18.6 Å². The molecule has 1 aliphatic heterocycles. The van der Waals surface area contributed by atoms with E-state index in [9.17, 15) is 19.5 Å². The number of carbonyl (C=O) groups is 2. The van der Waals surface area contributed by atoms with Gasteiger partial charge in [-0.3, -0.25) is 14.5 Å². The number of benzene rings is 3. The molecule has 218 valence electrons. The van der Waals surface area contributed by atoms with Gasteiger partial charge in [0, 0.05) is 55.0 Å². The van der Waals surface area contributed by atoms with Gasteiger partial charge in [0.25, 0.3) is 0 Å². The van der Waals surface area contributed by atoms with Gasteiger partial charge < -0.3 is 24.3 Å². The number of hydrogen-bond acceptors (Lipinski definition) is 6. The van der Waals surface area contributed by atoms with Gasteiger partial charge in [-0.15, -0.1) is 0 Å². The largest absolute Gasteiger partial charge is 0.490 e. The van der Waals surface area contributed by atoms with Crippen molar-refractivity contribution in [3.05, 3.63) is 90.0 Å².